The Morgan fingerprint density at radius 3 is 2.62 bits per heavy atom. The molecule has 0 atom stereocenters. The molecule has 0 fully saturated rings. The number of carbonyl (C=O) groups excluding carboxylic acids is 1. The van der Waals surface area contributed by atoms with Crippen molar-refractivity contribution in [1.29, 1.82) is 0 Å². The minimum Gasteiger partial charge on any atom is -0.494 e. The Hall–Kier alpha value is -3.21. The number of aromatic nitrogens is 2. The Kier molecular flexibility index (Phi) is 3.72. The van der Waals surface area contributed by atoms with Crippen LogP contribution in [-0.4, -0.2) is 20.1 Å². The van der Waals surface area contributed by atoms with Gasteiger partial charge in [-0.1, -0.05) is 26.0 Å². The molecular formula is C21H21N3O2. The molecule has 2 aromatic carbocycles. The molecule has 26 heavy (non-hydrogen) atoms. The van der Waals surface area contributed by atoms with E-state index in [-0.39, 0.29) is 17.7 Å². The van der Waals surface area contributed by atoms with Crippen molar-refractivity contribution in [2.24, 2.45) is 13.0 Å². The smallest absolute Gasteiger partial charge is 0.226 e. The van der Waals surface area contributed by atoms with Crippen molar-refractivity contribution in [1.82, 2.24) is 9.13 Å². The second-order valence-corrected chi connectivity index (χ2v) is 6.94. The van der Waals surface area contributed by atoms with Gasteiger partial charge in [0.1, 0.15) is 0 Å². The van der Waals surface area contributed by atoms with E-state index in [0.717, 1.165) is 22.0 Å². The van der Waals surface area contributed by atoms with Crippen LogP contribution in [-0.2, 0) is 11.8 Å². The molecule has 0 aliphatic rings. The van der Waals surface area contributed by atoms with Crippen LogP contribution in [0.1, 0.15) is 13.8 Å². The average molecular weight is 347 g/mol. The first-order chi connectivity index (χ1) is 12.4. The highest BCUT2D eigenvalue weighted by molar-refractivity contribution is 5.97. The topological polar surface area (TPSA) is 59.2 Å². The standard InChI is InChI=1S/C21H21N3O2/c1-13(2)20(25)22-16-6-4-15-12-24(21(26)18(15)10-16)17-7-5-14-8-9-23(3)19(14)11-17/h4-13,26H,1-3H3,(H,22,25). The number of aromatic hydroxyl groups is 1. The lowest BCUT2D eigenvalue weighted by Gasteiger charge is -2.08. The molecular weight excluding hydrogens is 326 g/mol. The summed E-state index contributed by atoms with van der Waals surface area (Å²) < 4.78 is 3.82. The van der Waals surface area contributed by atoms with E-state index in [4.69, 9.17) is 0 Å². The van der Waals surface area contributed by atoms with Crippen molar-refractivity contribution in [3.8, 4) is 11.6 Å². The van der Waals surface area contributed by atoms with Gasteiger partial charge in [-0.15, -0.1) is 0 Å². The first-order valence-corrected chi connectivity index (χ1v) is 8.64. The third-order valence-electron chi connectivity index (χ3n) is 4.73. The van der Waals surface area contributed by atoms with E-state index in [1.54, 1.807) is 4.57 Å². The summed E-state index contributed by atoms with van der Waals surface area (Å²) in [6, 6.07) is 13.7. The van der Waals surface area contributed by atoms with Crippen LogP contribution in [0.3, 0.4) is 0 Å². The second kappa shape index (κ2) is 5.95. The van der Waals surface area contributed by atoms with Gasteiger partial charge in [-0.2, -0.15) is 0 Å². The zero-order chi connectivity index (χ0) is 18.4. The molecule has 5 nitrogen and oxygen atoms in total. The summed E-state index contributed by atoms with van der Waals surface area (Å²) in [5, 5.41) is 16.4. The lowest BCUT2D eigenvalue weighted by Crippen LogP contribution is -2.17. The molecule has 0 unspecified atom stereocenters. The number of carbonyl (C=O) groups is 1. The molecule has 4 aromatic rings. The van der Waals surface area contributed by atoms with Crippen LogP contribution in [0.2, 0.25) is 0 Å². The third kappa shape index (κ3) is 2.62. The van der Waals surface area contributed by atoms with Crippen LogP contribution in [0.15, 0.2) is 54.9 Å². The maximum atomic E-state index is 11.9. The van der Waals surface area contributed by atoms with Gasteiger partial charge in [-0.25, -0.2) is 0 Å². The Morgan fingerprint density at radius 1 is 1.08 bits per heavy atom. The highest BCUT2D eigenvalue weighted by Gasteiger charge is 2.13. The monoisotopic (exact) mass is 347 g/mol. The van der Waals surface area contributed by atoms with Crippen molar-refractivity contribution < 1.29 is 9.90 Å². The van der Waals surface area contributed by atoms with Gasteiger partial charge in [-0.3, -0.25) is 9.36 Å². The number of benzene rings is 2. The number of aryl methyl sites for hydroxylation is 1. The molecule has 0 bridgehead atoms. The Labute approximate surface area is 151 Å². The van der Waals surface area contributed by atoms with Gasteiger partial charge in [0.25, 0.3) is 0 Å². The van der Waals surface area contributed by atoms with Crippen LogP contribution in [0.5, 0.6) is 5.88 Å². The van der Waals surface area contributed by atoms with Crippen LogP contribution < -0.4 is 5.32 Å². The van der Waals surface area contributed by atoms with Gasteiger partial charge in [-0.05, 0) is 35.7 Å². The number of hydrogen-bond acceptors (Lipinski definition) is 2. The summed E-state index contributed by atoms with van der Waals surface area (Å²) in [7, 11) is 2.00. The summed E-state index contributed by atoms with van der Waals surface area (Å²) >= 11 is 0. The average Bonchev–Trinajstić information content (AvgIpc) is 3.15. The summed E-state index contributed by atoms with van der Waals surface area (Å²) in [4.78, 5) is 11.9. The molecule has 1 amide bonds. The molecule has 0 aliphatic carbocycles. The molecule has 2 aromatic heterocycles. The first-order valence-electron chi connectivity index (χ1n) is 8.64. The molecule has 0 radical (unpaired) electrons. The number of fused-ring (bicyclic) bond motifs is 2. The number of amides is 1. The van der Waals surface area contributed by atoms with E-state index in [2.05, 4.69) is 22.0 Å². The number of hydrogen-bond donors (Lipinski definition) is 2. The summed E-state index contributed by atoms with van der Waals surface area (Å²) in [6.07, 6.45) is 3.92. The van der Waals surface area contributed by atoms with Crippen molar-refractivity contribution in [3.63, 3.8) is 0 Å². The zero-order valence-electron chi connectivity index (χ0n) is 15.0. The molecule has 0 aliphatic heterocycles. The van der Waals surface area contributed by atoms with Crippen LogP contribution in [0, 0.1) is 5.92 Å². The highest BCUT2D eigenvalue weighted by Crippen LogP contribution is 2.33. The molecule has 132 valence electrons. The van der Waals surface area contributed by atoms with Gasteiger partial charge in [0.05, 0.1) is 5.69 Å². The van der Waals surface area contributed by atoms with Crippen LogP contribution in [0.4, 0.5) is 5.69 Å². The normalized spacial score (nSPS) is 11.5. The Balaban J connectivity index is 1.79. The van der Waals surface area contributed by atoms with E-state index in [9.17, 15) is 9.90 Å². The Morgan fingerprint density at radius 2 is 1.85 bits per heavy atom. The predicted molar refractivity (Wildman–Crippen MR) is 105 cm³/mol. The largest absolute Gasteiger partial charge is 0.494 e. The maximum absolute atomic E-state index is 11.9. The fraction of sp³-hybridized carbons (Fsp3) is 0.190. The molecule has 0 saturated carbocycles. The third-order valence-corrected chi connectivity index (χ3v) is 4.73. The van der Waals surface area contributed by atoms with Crippen molar-refractivity contribution in [3.05, 3.63) is 54.9 Å². The van der Waals surface area contributed by atoms with Crippen LogP contribution in [0.25, 0.3) is 27.4 Å². The molecule has 0 spiro atoms. The number of rotatable bonds is 3. The highest BCUT2D eigenvalue weighted by atomic mass is 16.3. The lowest BCUT2D eigenvalue weighted by molar-refractivity contribution is -0.118. The van der Waals surface area contributed by atoms with Crippen molar-refractivity contribution in [2.45, 2.75) is 13.8 Å². The number of nitrogens with one attached hydrogen (secondary N) is 1. The fourth-order valence-corrected chi connectivity index (χ4v) is 3.15. The zero-order valence-corrected chi connectivity index (χ0v) is 15.0. The van der Waals surface area contributed by atoms with Gasteiger partial charge >= 0.3 is 0 Å². The quantitative estimate of drug-likeness (QED) is 0.576. The number of nitrogens with zero attached hydrogens (tertiary/aromatic N) is 2. The minimum atomic E-state index is -0.0964. The summed E-state index contributed by atoms with van der Waals surface area (Å²) in [5.41, 5.74) is 2.67. The van der Waals surface area contributed by atoms with E-state index in [0.29, 0.717) is 11.1 Å². The van der Waals surface area contributed by atoms with E-state index in [1.807, 2.05) is 63.6 Å². The molecule has 2 heterocycles. The van der Waals surface area contributed by atoms with Crippen molar-refractivity contribution >= 4 is 33.3 Å². The van der Waals surface area contributed by atoms with E-state index in [1.165, 1.54) is 0 Å². The fourth-order valence-electron chi connectivity index (χ4n) is 3.15. The molecule has 0 saturated heterocycles. The molecule has 2 N–H and O–H groups in total. The first kappa shape index (κ1) is 16.3. The summed E-state index contributed by atoms with van der Waals surface area (Å²) in [6.45, 7) is 3.70. The van der Waals surface area contributed by atoms with Gasteiger partial charge in [0.2, 0.25) is 11.8 Å². The molecule has 4 rings (SSSR count). The number of anilines is 1. The minimum absolute atomic E-state index is 0.0440. The predicted octanol–water partition coefficient (Wildman–Crippen LogP) is 4.42. The second-order valence-electron chi connectivity index (χ2n) is 6.94. The van der Waals surface area contributed by atoms with E-state index >= 15 is 0 Å². The SMILES string of the molecule is CC(C)C(=O)Nc1ccc2cn(-c3ccc4ccn(C)c4c3)c(O)c2c1. The van der Waals surface area contributed by atoms with Gasteiger partial charge in [0.15, 0.2) is 0 Å². The van der Waals surface area contributed by atoms with Gasteiger partial charge in [0, 0.05) is 47.3 Å². The van der Waals surface area contributed by atoms with E-state index < -0.39 is 0 Å². The van der Waals surface area contributed by atoms with Gasteiger partial charge < -0.3 is 15.0 Å². The maximum Gasteiger partial charge on any atom is 0.226 e. The molecule has 5 heteroatoms. The lowest BCUT2D eigenvalue weighted by atomic mass is 10.1. The van der Waals surface area contributed by atoms with Crippen LogP contribution >= 0.6 is 0 Å². The van der Waals surface area contributed by atoms with Crippen molar-refractivity contribution in [2.75, 3.05) is 5.32 Å². The summed E-state index contributed by atoms with van der Waals surface area (Å²) in [5.74, 6) is 0.0209. The Bertz CT molecular complexity index is 1140.